The van der Waals surface area contributed by atoms with Crippen molar-refractivity contribution in [3.63, 3.8) is 0 Å². The highest BCUT2D eigenvalue weighted by Crippen LogP contribution is 2.30. The third-order valence-electron chi connectivity index (χ3n) is 1.41. The lowest BCUT2D eigenvalue weighted by Gasteiger charge is -2.07. The number of nitrogens with zero attached hydrogens (tertiary/aromatic N) is 1. The Labute approximate surface area is 87.2 Å². The van der Waals surface area contributed by atoms with Gasteiger partial charge in [-0.3, -0.25) is 0 Å². The van der Waals surface area contributed by atoms with Gasteiger partial charge in [0.15, 0.2) is 0 Å². The molecule has 0 amide bonds. The van der Waals surface area contributed by atoms with Gasteiger partial charge in [-0.05, 0) is 22.0 Å². The standard InChI is InChI=1S/C7H6BrClF2N2/c8-5-4(12)1-3(2-9)13-6(5)7(10)11/h1,7H,2H2,(H2,12,13). The molecule has 13 heavy (non-hydrogen) atoms. The van der Waals surface area contributed by atoms with Crippen LogP contribution in [0.2, 0.25) is 0 Å². The van der Waals surface area contributed by atoms with Crippen LogP contribution in [0, 0.1) is 0 Å². The van der Waals surface area contributed by atoms with Crippen molar-refractivity contribution in [1.29, 1.82) is 0 Å². The number of pyridine rings is 1. The molecule has 6 heteroatoms. The summed E-state index contributed by atoms with van der Waals surface area (Å²) in [6.07, 6.45) is -2.65. The van der Waals surface area contributed by atoms with Gasteiger partial charge in [-0.2, -0.15) is 0 Å². The Bertz CT molecular complexity index is 320. The number of nitrogens with two attached hydrogens (primary N) is 1. The molecule has 0 aromatic carbocycles. The van der Waals surface area contributed by atoms with Crippen molar-refractivity contribution in [2.24, 2.45) is 0 Å². The van der Waals surface area contributed by atoms with Crippen LogP contribution >= 0.6 is 27.5 Å². The Balaban J connectivity index is 3.25. The molecule has 0 aliphatic rings. The summed E-state index contributed by atoms with van der Waals surface area (Å²) in [5, 5.41) is 0. The number of aromatic nitrogens is 1. The maximum atomic E-state index is 12.3. The molecule has 2 N–H and O–H groups in total. The molecule has 1 aromatic heterocycles. The van der Waals surface area contributed by atoms with Crippen molar-refractivity contribution < 1.29 is 8.78 Å². The monoisotopic (exact) mass is 270 g/mol. The Morgan fingerprint density at radius 3 is 2.69 bits per heavy atom. The SMILES string of the molecule is Nc1cc(CCl)nc(C(F)F)c1Br. The summed E-state index contributed by atoms with van der Waals surface area (Å²) in [5.41, 5.74) is 5.66. The normalized spacial score (nSPS) is 10.8. The fourth-order valence-electron chi connectivity index (χ4n) is 0.840. The lowest BCUT2D eigenvalue weighted by molar-refractivity contribution is 0.145. The summed E-state index contributed by atoms with van der Waals surface area (Å²) in [6.45, 7) is 0. The molecule has 2 nitrogen and oxygen atoms in total. The predicted molar refractivity (Wildman–Crippen MR) is 50.9 cm³/mol. The van der Waals surface area contributed by atoms with Crippen molar-refractivity contribution in [1.82, 2.24) is 4.98 Å². The van der Waals surface area contributed by atoms with Crippen LogP contribution in [-0.4, -0.2) is 4.98 Å². The minimum Gasteiger partial charge on any atom is -0.398 e. The second-order valence-electron chi connectivity index (χ2n) is 2.34. The molecule has 0 radical (unpaired) electrons. The van der Waals surface area contributed by atoms with Gasteiger partial charge in [0.25, 0.3) is 6.43 Å². The highest BCUT2D eigenvalue weighted by atomic mass is 79.9. The molecular weight excluding hydrogens is 265 g/mol. The van der Waals surface area contributed by atoms with Crippen LogP contribution in [0.25, 0.3) is 0 Å². The van der Waals surface area contributed by atoms with Crippen molar-refractivity contribution in [2.75, 3.05) is 5.73 Å². The minimum absolute atomic E-state index is 0.0667. The average molecular weight is 271 g/mol. The van der Waals surface area contributed by atoms with E-state index in [0.29, 0.717) is 5.69 Å². The maximum absolute atomic E-state index is 12.3. The van der Waals surface area contributed by atoms with Gasteiger partial charge < -0.3 is 5.73 Å². The number of hydrogen-bond donors (Lipinski definition) is 1. The fourth-order valence-corrected chi connectivity index (χ4v) is 1.35. The van der Waals surface area contributed by atoms with Crippen LogP contribution in [0.1, 0.15) is 17.8 Å². The van der Waals surface area contributed by atoms with E-state index in [-0.39, 0.29) is 21.7 Å². The Morgan fingerprint density at radius 2 is 2.23 bits per heavy atom. The first-order chi connectivity index (χ1) is 6.06. The summed E-state index contributed by atoms with van der Waals surface area (Å²) < 4.78 is 24.8. The highest BCUT2D eigenvalue weighted by molar-refractivity contribution is 9.10. The largest absolute Gasteiger partial charge is 0.398 e. The Kier molecular flexibility index (Phi) is 3.44. The first-order valence-corrected chi connectivity index (χ1v) is 4.68. The number of halogens is 4. The number of hydrogen-bond acceptors (Lipinski definition) is 2. The van der Waals surface area contributed by atoms with Crippen LogP contribution in [0.3, 0.4) is 0 Å². The Morgan fingerprint density at radius 1 is 1.62 bits per heavy atom. The minimum atomic E-state index is -2.65. The van der Waals surface area contributed by atoms with Gasteiger partial charge in [-0.15, -0.1) is 11.6 Å². The van der Waals surface area contributed by atoms with Crippen molar-refractivity contribution in [3.8, 4) is 0 Å². The van der Waals surface area contributed by atoms with Gasteiger partial charge in [-0.1, -0.05) is 0 Å². The number of nitrogen functional groups attached to an aromatic ring is 1. The van der Waals surface area contributed by atoms with Gasteiger partial charge in [0.05, 0.1) is 16.0 Å². The van der Waals surface area contributed by atoms with E-state index >= 15 is 0 Å². The number of rotatable bonds is 2. The van der Waals surface area contributed by atoms with Crippen LogP contribution in [-0.2, 0) is 5.88 Å². The van der Waals surface area contributed by atoms with Crippen LogP contribution in [0.5, 0.6) is 0 Å². The van der Waals surface area contributed by atoms with Gasteiger partial charge in [0, 0.05) is 5.69 Å². The van der Waals surface area contributed by atoms with Gasteiger partial charge in [0.2, 0.25) is 0 Å². The zero-order chi connectivity index (χ0) is 10.0. The molecule has 0 fully saturated rings. The molecule has 0 saturated carbocycles. The van der Waals surface area contributed by atoms with E-state index in [2.05, 4.69) is 20.9 Å². The summed E-state index contributed by atoms with van der Waals surface area (Å²) in [6, 6.07) is 1.46. The third-order valence-corrected chi connectivity index (χ3v) is 2.55. The molecular formula is C7H6BrClF2N2. The van der Waals surface area contributed by atoms with E-state index in [1.54, 1.807) is 0 Å². The van der Waals surface area contributed by atoms with Crippen molar-refractivity contribution >= 4 is 33.2 Å². The number of alkyl halides is 3. The summed E-state index contributed by atoms with van der Waals surface area (Å²) in [5.74, 6) is 0.0667. The van der Waals surface area contributed by atoms with Crippen LogP contribution in [0.4, 0.5) is 14.5 Å². The zero-order valence-corrected chi connectivity index (χ0v) is 8.74. The van der Waals surface area contributed by atoms with E-state index < -0.39 is 6.43 Å². The molecule has 1 aromatic rings. The number of anilines is 1. The molecule has 1 rings (SSSR count). The Hall–Kier alpha value is -0.420. The molecule has 1 heterocycles. The summed E-state index contributed by atoms with van der Waals surface area (Å²) in [7, 11) is 0. The molecule has 0 bridgehead atoms. The molecule has 72 valence electrons. The lowest BCUT2D eigenvalue weighted by atomic mass is 10.3. The second-order valence-corrected chi connectivity index (χ2v) is 3.40. The average Bonchev–Trinajstić information content (AvgIpc) is 2.09. The van der Waals surface area contributed by atoms with Crippen molar-refractivity contribution in [2.45, 2.75) is 12.3 Å². The van der Waals surface area contributed by atoms with Gasteiger partial charge in [-0.25, -0.2) is 13.8 Å². The zero-order valence-electron chi connectivity index (χ0n) is 6.40. The van der Waals surface area contributed by atoms with E-state index in [1.807, 2.05) is 0 Å². The molecule has 0 saturated heterocycles. The first-order valence-electron chi connectivity index (χ1n) is 3.35. The fraction of sp³-hybridized carbons (Fsp3) is 0.286. The summed E-state index contributed by atoms with van der Waals surface area (Å²) >= 11 is 8.38. The van der Waals surface area contributed by atoms with Gasteiger partial charge in [0.1, 0.15) is 5.69 Å². The highest BCUT2D eigenvalue weighted by Gasteiger charge is 2.16. The van der Waals surface area contributed by atoms with Crippen molar-refractivity contribution in [3.05, 3.63) is 21.9 Å². The molecule has 0 spiro atoms. The second kappa shape index (κ2) is 4.19. The molecule has 0 atom stereocenters. The lowest BCUT2D eigenvalue weighted by Crippen LogP contribution is -2.00. The van der Waals surface area contributed by atoms with Crippen LogP contribution < -0.4 is 5.73 Å². The van der Waals surface area contributed by atoms with E-state index in [4.69, 9.17) is 17.3 Å². The van der Waals surface area contributed by atoms with Gasteiger partial charge >= 0.3 is 0 Å². The third kappa shape index (κ3) is 2.28. The quantitative estimate of drug-likeness (QED) is 0.840. The van der Waals surface area contributed by atoms with Crippen LogP contribution in [0.15, 0.2) is 10.5 Å². The van der Waals surface area contributed by atoms with E-state index in [9.17, 15) is 8.78 Å². The van der Waals surface area contributed by atoms with E-state index in [1.165, 1.54) is 6.07 Å². The first kappa shape index (κ1) is 10.7. The maximum Gasteiger partial charge on any atom is 0.281 e. The smallest absolute Gasteiger partial charge is 0.281 e. The predicted octanol–water partition coefficient (Wildman–Crippen LogP) is 3.10. The van der Waals surface area contributed by atoms with E-state index in [0.717, 1.165) is 0 Å². The molecule has 0 aliphatic heterocycles. The molecule has 0 aliphatic carbocycles. The molecule has 0 unspecified atom stereocenters. The topological polar surface area (TPSA) is 38.9 Å². The summed E-state index contributed by atoms with van der Waals surface area (Å²) in [4.78, 5) is 3.64.